The van der Waals surface area contributed by atoms with Crippen LogP contribution in [0.4, 0.5) is 0 Å². The Kier molecular flexibility index (Phi) is 4.59. The first-order valence-electron chi connectivity index (χ1n) is 5.95. The predicted octanol–water partition coefficient (Wildman–Crippen LogP) is 2.75. The van der Waals surface area contributed by atoms with E-state index in [1.54, 1.807) is 22.3 Å². The van der Waals surface area contributed by atoms with Crippen LogP contribution in [0.2, 0.25) is 0 Å². The summed E-state index contributed by atoms with van der Waals surface area (Å²) in [5.74, 6) is 0.258. The maximum atomic E-state index is 12.0. The van der Waals surface area contributed by atoms with Gasteiger partial charge in [-0.05, 0) is 51.4 Å². The Morgan fingerprint density at radius 1 is 1.67 bits per heavy atom. The largest absolute Gasteiger partial charge is 0.391 e. The highest BCUT2D eigenvalue weighted by atomic mass is 79.9. The lowest BCUT2D eigenvalue weighted by atomic mass is 9.96. The summed E-state index contributed by atoms with van der Waals surface area (Å²) >= 11 is 4.98. The molecular formula is C13H16BrNO2S. The molecule has 1 amide bonds. The Balaban J connectivity index is 1.94. The van der Waals surface area contributed by atoms with Crippen molar-refractivity contribution in [2.45, 2.75) is 19.4 Å². The number of halogens is 1. The molecule has 1 aromatic heterocycles. The number of likely N-dealkylation sites (tertiary alicyclic amines) is 1. The van der Waals surface area contributed by atoms with Gasteiger partial charge in [-0.1, -0.05) is 6.92 Å². The quantitative estimate of drug-likeness (QED) is 0.847. The van der Waals surface area contributed by atoms with Crippen LogP contribution in [0.15, 0.2) is 21.3 Å². The van der Waals surface area contributed by atoms with Gasteiger partial charge in [0.05, 0.1) is 9.89 Å². The monoisotopic (exact) mass is 329 g/mol. The van der Waals surface area contributed by atoms with E-state index in [1.165, 1.54) is 0 Å². The molecule has 3 nitrogen and oxygen atoms in total. The second-order valence-electron chi connectivity index (χ2n) is 4.64. The Morgan fingerprint density at radius 3 is 3.06 bits per heavy atom. The maximum absolute atomic E-state index is 12.0. The average Bonchev–Trinajstić information content (AvgIpc) is 2.75. The van der Waals surface area contributed by atoms with Gasteiger partial charge in [0.2, 0.25) is 5.91 Å². The van der Waals surface area contributed by atoms with Crippen molar-refractivity contribution in [1.29, 1.82) is 0 Å². The van der Waals surface area contributed by atoms with E-state index in [1.807, 2.05) is 24.4 Å². The number of rotatable bonds is 2. The third kappa shape index (κ3) is 3.43. The van der Waals surface area contributed by atoms with Crippen LogP contribution in [0.5, 0.6) is 0 Å². The summed E-state index contributed by atoms with van der Waals surface area (Å²) in [4.78, 5) is 13.7. The topological polar surface area (TPSA) is 40.5 Å². The normalized spacial score (nSPS) is 24.7. The number of carbonyl (C=O) groups is 1. The fraction of sp³-hybridized carbons (Fsp3) is 0.462. The molecule has 2 atom stereocenters. The molecule has 1 fully saturated rings. The molecule has 1 aromatic rings. The van der Waals surface area contributed by atoms with Gasteiger partial charge in [-0.2, -0.15) is 0 Å². The van der Waals surface area contributed by atoms with Crippen LogP contribution in [0.3, 0.4) is 0 Å². The summed E-state index contributed by atoms with van der Waals surface area (Å²) in [6.45, 7) is 3.19. The minimum absolute atomic E-state index is 0.0247. The highest BCUT2D eigenvalue weighted by Gasteiger charge is 2.26. The van der Waals surface area contributed by atoms with Crippen molar-refractivity contribution in [1.82, 2.24) is 4.90 Å². The molecule has 0 aromatic carbocycles. The molecule has 2 unspecified atom stereocenters. The number of piperidine rings is 1. The maximum Gasteiger partial charge on any atom is 0.246 e. The van der Waals surface area contributed by atoms with Gasteiger partial charge in [0, 0.05) is 19.2 Å². The molecule has 2 heterocycles. The first-order chi connectivity index (χ1) is 8.56. The Morgan fingerprint density at radius 2 is 2.44 bits per heavy atom. The number of hydrogen-bond acceptors (Lipinski definition) is 3. The molecule has 18 heavy (non-hydrogen) atoms. The summed E-state index contributed by atoms with van der Waals surface area (Å²) in [5.41, 5.74) is 1.02. The van der Waals surface area contributed by atoms with Crippen molar-refractivity contribution in [3.8, 4) is 0 Å². The van der Waals surface area contributed by atoms with E-state index in [4.69, 9.17) is 0 Å². The van der Waals surface area contributed by atoms with Gasteiger partial charge in [-0.15, -0.1) is 11.3 Å². The van der Waals surface area contributed by atoms with E-state index in [0.29, 0.717) is 6.54 Å². The number of amides is 1. The Bertz CT molecular complexity index is 458. The third-order valence-electron chi connectivity index (χ3n) is 3.24. The van der Waals surface area contributed by atoms with E-state index in [2.05, 4.69) is 15.9 Å². The van der Waals surface area contributed by atoms with Gasteiger partial charge in [0.1, 0.15) is 0 Å². The van der Waals surface area contributed by atoms with E-state index in [9.17, 15) is 9.90 Å². The number of aliphatic hydroxyl groups is 1. The average molecular weight is 330 g/mol. The Labute approximate surface area is 119 Å². The van der Waals surface area contributed by atoms with E-state index in [0.717, 1.165) is 22.3 Å². The lowest BCUT2D eigenvalue weighted by molar-refractivity contribution is -0.130. The fourth-order valence-corrected chi connectivity index (χ4v) is 3.08. The molecule has 1 aliphatic rings. The van der Waals surface area contributed by atoms with Crippen LogP contribution in [0, 0.1) is 5.92 Å². The standard InChI is InChI=1S/C13H16BrNO2S/c1-9-4-5-15(7-11(9)16)13(17)3-2-10-6-12(14)18-8-10/h2-3,6,8-9,11,16H,4-5,7H2,1H3/b3-2+. The zero-order chi connectivity index (χ0) is 13.1. The van der Waals surface area contributed by atoms with E-state index >= 15 is 0 Å². The van der Waals surface area contributed by atoms with Gasteiger partial charge >= 0.3 is 0 Å². The second-order valence-corrected chi connectivity index (χ2v) is 6.93. The Hall–Kier alpha value is -0.650. The first kappa shape index (κ1) is 13.8. The van der Waals surface area contributed by atoms with Crippen LogP contribution >= 0.6 is 27.3 Å². The highest BCUT2D eigenvalue weighted by Crippen LogP contribution is 2.22. The van der Waals surface area contributed by atoms with Gasteiger partial charge in [0.15, 0.2) is 0 Å². The molecule has 0 bridgehead atoms. The van der Waals surface area contributed by atoms with Crippen molar-refractivity contribution in [2.75, 3.05) is 13.1 Å². The van der Waals surface area contributed by atoms with Gasteiger partial charge in [0.25, 0.3) is 0 Å². The number of β-amino-alcohol motifs (C(OH)–C–C–N with tert-alkyl or cyclic N) is 1. The highest BCUT2D eigenvalue weighted by molar-refractivity contribution is 9.11. The van der Waals surface area contributed by atoms with Crippen LogP contribution in [0.25, 0.3) is 6.08 Å². The third-order valence-corrected chi connectivity index (χ3v) is 4.76. The molecule has 98 valence electrons. The summed E-state index contributed by atoms with van der Waals surface area (Å²) in [6, 6.07) is 1.97. The minimum Gasteiger partial charge on any atom is -0.391 e. The predicted molar refractivity (Wildman–Crippen MR) is 77.4 cm³/mol. The van der Waals surface area contributed by atoms with Gasteiger partial charge in [-0.25, -0.2) is 0 Å². The molecule has 2 rings (SSSR count). The van der Waals surface area contributed by atoms with Crippen LogP contribution in [-0.2, 0) is 4.79 Å². The molecule has 1 saturated heterocycles. The van der Waals surface area contributed by atoms with E-state index < -0.39 is 6.10 Å². The zero-order valence-corrected chi connectivity index (χ0v) is 12.6. The summed E-state index contributed by atoms with van der Waals surface area (Å²) in [5, 5.41) is 11.8. The number of carbonyl (C=O) groups excluding carboxylic acids is 1. The van der Waals surface area contributed by atoms with Crippen molar-refractivity contribution < 1.29 is 9.90 Å². The van der Waals surface area contributed by atoms with Gasteiger partial charge < -0.3 is 10.0 Å². The number of hydrogen-bond donors (Lipinski definition) is 1. The molecule has 0 saturated carbocycles. The smallest absolute Gasteiger partial charge is 0.246 e. The molecule has 0 spiro atoms. The molecule has 0 radical (unpaired) electrons. The number of aliphatic hydroxyl groups excluding tert-OH is 1. The fourth-order valence-electron chi connectivity index (χ4n) is 1.93. The lowest BCUT2D eigenvalue weighted by Gasteiger charge is -2.33. The number of thiophene rings is 1. The van der Waals surface area contributed by atoms with Crippen LogP contribution in [0.1, 0.15) is 18.9 Å². The van der Waals surface area contributed by atoms with Crippen LogP contribution < -0.4 is 0 Å². The minimum atomic E-state index is -0.397. The molecule has 0 aliphatic carbocycles. The van der Waals surface area contributed by atoms with Gasteiger partial charge in [-0.3, -0.25) is 4.79 Å². The van der Waals surface area contributed by atoms with Crippen molar-refractivity contribution in [3.63, 3.8) is 0 Å². The first-order valence-corrected chi connectivity index (χ1v) is 7.62. The summed E-state index contributed by atoms with van der Waals surface area (Å²) < 4.78 is 1.05. The molecule has 1 aliphatic heterocycles. The lowest BCUT2D eigenvalue weighted by Crippen LogP contribution is -2.45. The zero-order valence-electron chi connectivity index (χ0n) is 10.2. The van der Waals surface area contributed by atoms with Crippen LogP contribution in [-0.4, -0.2) is 35.1 Å². The molecule has 5 heteroatoms. The summed E-state index contributed by atoms with van der Waals surface area (Å²) in [6.07, 6.45) is 3.86. The van der Waals surface area contributed by atoms with Crippen molar-refractivity contribution in [2.24, 2.45) is 5.92 Å². The second kappa shape index (κ2) is 5.99. The van der Waals surface area contributed by atoms with Crippen molar-refractivity contribution >= 4 is 39.2 Å². The SMILES string of the molecule is CC1CCN(C(=O)/C=C/c2csc(Br)c2)CC1O. The van der Waals surface area contributed by atoms with E-state index in [-0.39, 0.29) is 11.8 Å². The summed E-state index contributed by atoms with van der Waals surface area (Å²) in [7, 11) is 0. The molecule has 1 N–H and O–H groups in total. The van der Waals surface area contributed by atoms with Crippen molar-refractivity contribution in [3.05, 3.63) is 26.9 Å². The number of nitrogens with zero attached hydrogens (tertiary/aromatic N) is 1. The molecular weight excluding hydrogens is 314 g/mol.